The van der Waals surface area contributed by atoms with Gasteiger partial charge in [0.2, 0.25) is 0 Å². The van der Waals surface area contributed by atoms with Gasteiger partial charge in [0.1, 0.15) is 6.26 Å². The van der Waals surface area contributed by atoms with Crippen LogP contribution in [-0.4, -0.2) is 25.5 Å². The molecule has 1 atom stereocenters. The average Bonchev–Trinajstić information content (AvgIpc) is 2.77. The first kappa shape index (κ1) is 12.6. The Hall–Kier alpha value is -0.810. The number of rotatable bonds is 4. The number of hydrogen-bond acceptors (Lipinski definition) is 3. The molecule has 2 N–H and O–H groups in total. The van der Waals surface area contributed by atoms with E-state index < -0.39 is 0 Å². The molecule has 0 aromatic carbocycles. The zero-order chi connectivity index (χ0) is 12.1. The van der Waals surface area contributed by atoms with Crippen molar-refractivity contribution in [1.82, 2.24) is 10.6 Å². The third-order valence-corrected chi connectivity index (χ3v) is 3.48. The molecule has 1 aliphatic rings. The van der Waals surface area contributed by atoms with Crippen LogP contribution in [0.5, 0.6) is 0 Å². The molecular formula is C12H17BrN2O2. The summed E-state index contributed by atoms with van der Waals surface area (Å²) in [6.07, 6.45) is 5.01. The Morgan fingerprint density at radius 2 is 2.53 bits per heavy atom. The molecule has 1 saturated heterocycles. The lowest BCUT2D eigenvalue weighted by Crippen LogP contribution is -2.33. The number of amides is 1. The number of hydrogen-bond donors (Lipinski definition) is 2. The predicted octanol–water partition coefficient (Wildman–Crippen LogP) is 2.16. The summed E-state index contributed by atoms with van der Waals surface area (Å²) < 4.78 is 5.61. The highest BCUT2D eigenvalue weighted by Gasteiger charge is 2.13. The number of piperidine rings is 1. The minimum Gasteiger partial charge on any atom is -0.457 e. The van der Waals surface area contributed by atoms with E-state index in [-0.39, 0.29) is 5.91 Å². The van der Waals surface area contributed by atoms with Crippen LogP contribution in [0.4, 0.5) is 0 Å². The smallest absolute Gasteiger partial charge is 0.254 e. The van der Waals surface area contributed by atoms with Gasteiger partial charge in [-0.15, -0.1) is 0 Å². The second-order valence-electron chi connectivity index (χ2n) is 4.40. The highest BCUT2D eigenvalue weighted by atomic mass is 79.9. The molecule has 1 aromatic rings. The Morgan fingerprint density at radius 1 is 1.65 bits per heavy atom. The quantitative estimate of drug-likeness (QED) is 0.896. The lowest BCUT2D eigenvalue weighted by molar-refractivity contribution is 0.0950. The van der Waals surface area contributed by atoms with Crippen LogP contribution >= 0.6 is 15.9 Å². The Kier molecular flexibility index (Phi) is 4.62. The topological polar surface area (TPSA) is 54.3 Å². The maximum absolute atomic E-state index is 11.7. The maximum Gasteiger partial charge on any atom is 0.254 e. The Bertz CT molecular complexity index is 372. The van der Waals surface area contributed by atoms with Crippen LogP contribution < -0.4 is 10.6 Å². The minimum atomic E-state index is -0.0665. The van der Waals surface area contributed by atoms with E-state index >= 15 is 0 Å². The normalized spacial score (nSPS) is 20.2. The zero-order valence-corrected chi connectivity index (χ0v) is 11.3. The molecule has 0 spiro atoms. The Morgan fingerprint density at radius 3 is 3.18 bits per heavy atom. The summed E-state index contributed by atoms with van der Waals surface area (Å²) in [5, 5.41) is 6.29. The maximum atomic E-state index is 11.7. The molecule has 2 heterocycles. The number of furan rings is 1. The molecule has 0 bridgehead atoms. The monoisotopic (exact) mass is 300 g/mol. The van der Waals surface area contributed by atoms with Gasteiger partial charge in [-0.2, -0.15) is 0 Å². The van der Waals surface area contributed by atoms with Crippen molar-refractivity contribution in [2.24, 2.45) is 5.92 Å². The van der Waals surface area contributed by atoms with Gasteiger partial charge in [-0.1, -0.05) is 0 Å². The first-order chi connectivity index (χ1) is 8.25. The standard InChI is InChI=1S/C12H17BrN2O2/c13-11-6-10(8-17-11)12(16)15-5-3-9-2-1-4-14-7-9/h6,8-9,14H,1-5,7H2,(H,15,16). The van der Waals surface area contributed by atoms with Crippen LogP contribution in [0, 0.1) is 5.92 Å². The average molecular weight is 301 g/mol. The molecule has 94 valence electrons. The van der Waals surface area contributed by atoms with E-state index in [1.807, 2.05) is 0 Å². The SMILES string of the molecule is O=C(NCCC1CCCNC1)c1coc(Br)c1. The molecule has 0 saturated carbocycles. The Balaban J connectivity index is 1.69. The van der Waals surface area contributed by atoms with Gasteiger partial charge in [-0.05, 0) is 54.2 Å². The van der Waals surface area contributed by atoms with E-state index in [2.05, 4.69) is 26.6 Å². The van der Waals surface area contributed by atoms with Crippen molar-refractivity contribution in [3.8, 4) is 0 Å². The van der Waals surface area contributed by atoms with Crippen LogP contribution in [-0.2, 0) is 0 Å². The molecule has 1 unspecified atom stereocenters. The van der Waals surface area contributed by atoms with Gasteiger partial charge in [-0.3, -0.25) is 4.79 Å². The molecule has 4 nitrogen and oxygen atoms in total. The summed E-state index contributed by atoms with van der Waals surface area (Å²) in [5.41, 5.74) is 0.568. The molecule has 17 heavy (non-hydrogen) atoms. The van der Waals surface area contributed by atoms with E-state index in [1.165, 1.54) is 19.1 Å². The predicted molar refractivity (Wildman–Crippen MR) is 69.0 cm³/mol. The van der Waals surface area contributed by atoms with Gasteiger partial charge in [0.15, 0.2) is 4.67 Å². The summed E-state index contributed by atoms with van der Waals surface area (Å²) in [5.74, 6) is 0.628. The van der Waals surface area contributed by atoms with Crippen molar-refractivity contribution in [3.05, 3.63) is 22.6 Å². The molecule has 1 aliphatic heterocycles. The van der Waals surface area contributed by atoms with E-state index in [4.69, 9.17) is 4.42 Å². The summed E-state index contributed by atoms with van der Waals surface area (Å²) in [6, 6.07) is 1.68. The summed E-state index contributed by atoms with van der Waals surface area (Å²) in [6.45, 7) is 2.94. The van der Waals surface area contributed by atoms with Crippen LogP contribution in [0.15, 0.2) is 21.4 Å². The first-order valence-corrected chi connectivity index (χ1v) is 6.78. The molecule has 5 heteroatoms. The number of nitrogens with one attached hydrogen (secondary N) is 2. The lowest BCUT2D eigenvalue weighted by Gasteiger charge is -2.22. The first-order valence-electron chi connectivity index (χ1n) is 5.98. The van der Waals surface area contributed by atoms with Gasteiger partial charge >= 0.3 is 0 Å². The second kappa shape index (κ2) is 6.21. The van der Waals surface area contributed by atoms with Gasteiger partial charge in [0.25, 0.3) is 5.91 Å². The number of halogens is 1. The van der Waals surface area contributed by atoms with E-state index in [9.17, 15) is 4.79 Å². The van der Waals surface area contributed by atoms with E-state index in [0.29, 0.717) is 16.2 Å². The molecule has 2 rings (SSSR count). The van der Waals surface area contributed by atoms with Gasteiger partial charge in [-0.25, -0.2) is 0 Å². The molecular weight excluding hydrogens is 284 g/mol. The van der Waals surface area contributed by atoms with Crippen molar-refractivity contribution < 1.29 is 9.21 Å². The summed E-state index contributed by atoms with van der Waals surface area (Å²) in [7, 11) is 0. The van der Waals surface area contributed by atoms with Gasteiger partial charge in [0.05, 0.1) is 5.56 Å². The van der Waals surface area contributed by atoms with Crippen molar-refractivity contribution in [3.63, 3.8) is 0 Å². The van der Waals surface area contributed by atoms with Crippen LogP contribution in [0.25, 0.3) is 0 Å². The van der Waals surface area contributed by atoms with E-state index in [1.54, 1.807) is 6.07 Å². The number of carbonyl (C=O) groups is 1. The minimum absolute atomic E-state index is 0.0665. The van der Waals surface area contributed by atoms with Crippen molar-refractivity contribution in [2.75, 3.05) is 19.6 Å². The second-order valence-corrected chi connectivity index (χ2v) is 5.18. The fourth-order valence-corrected chi connectivity index (χ4v) is 2.43. The molecule has 1 aromatic heterocycles. The summed E-state index contributed by atoms with van der Waals surface area (Å²) in [4.78, 5) is 11.7. The van der Waals surface area contributed by atoms with E-state index in [0.717, 1.165) is 26.1 Å². The largest absolute Gasteiger partial charge is 0.457 e. The van der Waals surface area contributed by atoms with Crippen LogP contribution in [0.3, 0.4) is 0 Å². The highest BCUT2D eigenvalue weighted by Crippen LogP contribution is 2.15. The summed E-state index contributed by atoms with van der Waals surface area (Å²) >= 11 is 3.18. The third kappa shape index (κ3) is 3.85. The van der Waals surface area contributed by atoms with Gasteiger partial charge < -0.3 is 15.1 Å². The molecule has 1 amide bonds. The van der Waals surface area contributed by atoms with Crippen LogP contribution in [0.2, 0.25) is 0 Å². The van der Waals surface area contributed by atoms with Gasteiger partial charge in [0, 0.05) is 12.6 Å². The third-order valence-electron chi connectivity index (χ3n) is 3.07. The van der Waals surface area contributed by atoms with Crippen molar-refractivity contribution >= 4 is 21.8 Å². The molecule has 0 radical (unpaired) electrons. The fraction of sp³-hybridized carbons (Fsp3) is 0.583. The lowest BCUT2D eigenvalue weighted by atomic mass is 9.96. The Labute approximate surface area is 109 Å². The zero-order valence-electron chi connectivity index (χ0n) is 9.67. The number of carbonyl (C=O) groups excluding carboxylic acids is 1. The van der Waals surface area contributed by atoms with Crippen LogP contribution in [0.1, 0.15) is 29.6 Å². The fourth-order valence-electron chi connectivity index (χ4n) is 2.09. The van der Waals surface area contributed by atoms with Crippen molar-refractivity contribution in [1.29, 1.82) is 0 Å². The molecule has 0 aliphatic carbocycles. The van der Waals surface area contributed by atoms with Crippen molar-refractivity contribution in [2.45, 2.75) is 19.3 Å². The molecule has 1 fully saturated rings. The highest BCUT2D eigenvalue weighted by molar-refractivity contribution is 9.10.